The summed E-state index contributed by atoms with van der Waals surface area (Å²) < 4.78 is 5.58. The zero-order chi connectivity index (χ0) is 17.8. The third-order valence-electron chi connectivity index (χ3n) is 4.95. The molecule has 0 fully saturated rings. The SMILES string of the molecule is CCOc1ccc(-c2[nH]c3c(C)c(C)ccc3c2CCCCN)cc1. The number of fused-ring (bicyclic) bond motifs is 1. The highest BCUT2D eigenvalue weighted by atomic mass is 16.5. The molecule has 0 aliphatic rings. The molecule has 3 rings (SSSR count). The first-order chi connectivity index (χ1) is 12.2. The largest absolute Gasteiger partial charge is 0.494 e. The van der Waals surface area contributed by atoms with Gasteiger partial charge in [-0.25, -0.2) is 0 Å². The number of unbranched alkanes of at least 4 members (excludes halogenated alkanes) is 1. The van der Waals surface area contributed by atoms with E-state index in [2.05, 4.69) is 43.1 Å². The average molecular weight is 336 g/mol. The maximum absolute atomic E-state index is 5.70. The van der Waals surface area contributed by atoms with Crippen LogP contribution >= 0.6 is 0 Å². The lowest BCUT2D eigenvalue weighted by atomic mass is 9.98. The minimum atomic E-state index is 0.689. The van der Waals surface area contributed by atoms with E-state index in [1.165, 1.54) is 38.9 Å². The van der Waals surface area contributed by atoms with Gasteiger partial charge in [0, 0.05) is 16.6 Å². The van der Waals surface area contributed by atoms with Crippen molar-refractivity contribution in [2.24, 2.45) is 5.73 Å². The lowest BCUT2D eigenvalue weighted by molar-refractivity contribution is 0.340. The highest BCUT2D eigenvalue weighted by molar-refractivity contribution is 5.93. The Kier molecular flexibility index (Phi) is 5.44. The summed E-state index contributed by atoms with van der Waals surface area (Å²) in [7, 11) is 0. The van der Waals surface area contributed by atoms with Crippen LogP contribution in [0, 0.1) is 13.8 Å². The number of benzene rings is 2. The van der Waals surface area contributed by atoms with Gasteiger partial charge in [-0.05, 0) is 93.1 Å². The van der Waals surface area contributed by atoms with Crippen molar-refractivity contribution in [1.82, 2.24) is 4.98 Å². The molecule has 25 heavy (non-hydrogen) atoms. The van der Waals surface area contributed by atoms with Crippen LogP contribution in [0.3, 0.4) is 0 Å². The molecule has 1 aromatic heterocycles. The van der Waals surface area contributed by atoms with E-state index in [1.807, 2.05) is 19.1 Å². The predicted octanol–water partition coefficient (Wildman–Crippen LogP) is 5.13. The number of nitrogens with one attached hydrogen (secondary N) is 1. The van der Waals surface area contributed by atoms with Crippen molar-refractivity contribution in [3.05, 3.63) is 53.1 Å². The van der Waals surface area contributed by atoms with Gasteiger partial charge in [0.2, 0.25) is 0 Å². The molecule has 3 N–H and O–H groups in total. The number of aromatic amines is 1. The minimum Gasteiger partial charge on any atom is -0.494 e. The van der Waals surface area contributed by atoms with E-state index in [0.717, 1.165) is 31.6 Å². The van der Waals surface area contributed by atoms with Gasteiger partial charge in [0.05, 0.1) is 6.61 Å². The first-order valence-electron chi connectivity index (χ1n) is 9.19. The molecule has 3 aromatic rings. The second kappa shape index (κ2) is 7.75. The van der Waals surface area contributed by atoms with Gasteiger partial charge < -0.3 is 15.5 Å². The van der Waals surface area contributed by atoms with Crippen LogP contribution in [0.15, 0.2) is 36.4 Å². The van der Waals surface area contributed by atoms with E-state index in [4.69, 9.17) is 10.5 Å². The molecular formula is C22H28N2O. The highest BCUT2D eigenvalue weighted by Crippen LogP contribution is 2.34. The third kappa shape index (κ3) is 3.57. The Labute approximate surface area is 150 Å². The number of aryl methyl sites for hydroxylation is 3. The number of aromatic nitrogens is 1. The van der Waals surface area contributed by atoms with Gasteiger partial charge in [0.1, 0.15) is 5.75 Å². The Hall–Kier alpha value is -2.26. The van der Waals surface area contributed by atoms with E-state index in [1.54, 1.807) is 0 Å². The quantitative estimate of drug-likeness (QED) is 0.588. The van der Waals surface area contributed by atoms with Crippen LogP contribution in [-0.4, -0.2) is 18.1 Å². The lowest BCUT2D eigenvalue weighted by Gasteiger charge is -2.07. The zero-order valence-corrected chi connectivity index (χ0v) is 15.5. The van der Waals surface area contributed by atoms with Crippen molar-refractivity contribution in [3.8, 4) is 17.0 Å². The van der Waals surface area contributed by atoms with Gasteiger partial charge in [-0.1, -0.05) is 12.1 Å². The van der Waals surface area contributed by atoms with Crippen molar-refractivity contribution in [2.45, 2.75) is 40.0 Å². The molecule has 0 amide bonds. The van der Waals surface area contributed by atoms with Crippen molar-refractivity contribution < 1.29 is 4.74 Å². The topological polar surface area (TPSA) is 51.0 Å². The van der Waals surface area contributed by atoms with Gasteiger partial charge >= 0.3 is 0 Å². The Balaban J connectivity index is 2.08. The molecule has 1 heterocycles. The Bertz CT molecular complexity index is 847. The zero-order valence-electron chi connectivity index (χ0n) is 15.5. The van der Waals surface area contributed by atoms with Crippen molar-refractivity contribution in [2.75, 3.05) is 13.2 Å². The van der Waals surface area contributed by atoms with Crippen LogP contribution in [0.4, 0.5) is 0 Å². The summed E-state index contributed by atoms with van der Waals surface area (Å²) in [6, 6.07) is 12.9. The molecule has 132 valence electrons. The molecule has 0 unspecified atom stereocenters. The summed E-state index contributed by atoms with van der Waals surface area (Å²) in [6.45, 7) is 7.81. The van der Waals surface area contributed by atoms with Crippen LogP contribution in [0.2, 0.25) is 0 Å². The first-order valence-corrected chi connectivity index (χ1v) is 9.19. The smallest absolute Gasteiger partial charge is 0.119 e. The maximum atomic E-state index is 5.70. The number of rotatable bonds is 7. The molecule has 0 aliphatic carbocycles. The lowest BCUT2D eigenvalue weighted by Crippen LogP contribution is -1.99. The van der Waals surface area contributed by atoms with E-state index < -0.39 is 0 Å². The molecule has 0 spiro atoms. The summed E-state index contributed by atoms with van der Waals surface area (Å²) >= 11 is 0. The van der Waals surface area contributed by atoms with Crippen molar-refractivity contribution >= 4 is 10.9 Å². The molecule has 3 nitrogen and oxygen atoms in total. The Morgan fingerprint density at radius 3 is 2.44 bits per heavy atom. The second-order valence-electron chi connectivity index (χ2n) is 6.61. The summed E-state index contributed by atoms with van der Waals surface area (Å²) in [5.41, 5.74) is 13.4. The van der Waals surface area contributed by atoms with Gasteiger partial charge in [-0.15, -0.1) is 0 Å². The summed E-state index contributed by atoms with van der Waals surface area (Å²) in [4.78, 5) is 3.70. The number of ether oxygens (including phenoxy) is 1. The molecule has 0 atom stereocenters. The second-order valence-corrected chi connectivity index (χ2v) is 6.61. The fourth-order valence-electron chi connectivity index (χ4n) is 3.40. The Morgan fingerprint density at radius 1 is 1.00 bits per heavy atom. The highest BCUT2D eigenvalue weighted by Gasteiger charge is 2.15. The van der Waals surface area contributed by atoms with E-state index >= 15 is 0 Å². The van der Waals surface area contributed by atoms with Crippen LogP contribution < -0.4 is 10.5 Å². The van der Waals surface area contributed by atoms with Crippen molar-refractivity contribution in [1.29, 1.82) is 0 Å². The van der Waals surface area contributed by atoms with Gasteiger partial charge in [0.25, 0.3) is 0 Å². The van der Waals surface area contributed by atoms with Gasteiger partial charge in [0.15, 0.2) is 0 Å². The third-order valence-corrected chi connectivity index (χ3v) is 4.95. The van der Waals surface area contributed by atoms with E-state index in [9.17, 15) is 0 Å². The predicted molar refractivity (Wildman–Crippen MR) is 106 cm³/mol. The molecule has 0 aliphatic heterocycles. The molecular weight excluding hydrogens is 308 g/mol. The molecule has 0 bridgehead atoms. The van der Waals surface area contributed by atoms with Gasteiger partial charge in [-0.3, -0.25) is 0 Å². The number of hydrogen-bond acceptors (Lipinski definition) is 2. The normalized spacial score (nSPS) is 11.2. The van der Waals surface area contributed by atoms with Crippen LogP contribution in [0.25, 0.3) is 22.2 Å². The number of hydrogen-bond donors (Lipinski definition) is 2. The Morgan fingerprint density at radius 2 is 1.76 bits per heavy atom. The standard InChI is InChI=1S/C22H28N2O/c1-4-25-18-11-9-17(10-12-18)22-19(7-5-6-14-23)20-13-8-15(2)16(3)21(20)24-22/h8-13,24H,4-7,14,23H2,1-3H3. The summed E-state index contributed by atoms with van der Waals surface area (Å²) in [5, 5.41) is 1.34. The minimum absolute atomic E-state index is 0.689. The van der Waals surface area contributed by atoms with Gasteiger partial charge in [-0.2, -0.15) is 0 Å². The fraction of sp³-hybridized carbons (Fsp3) is 0.364. The number of H-pyrrole nitrogens is 1. The summed E-state index contributed by atoms with van der Waals surface area (Å²) in [5.74, 6) is 0.916. The van der Waals surface area contributed by atoms with Crippen LogP contribution in [0.1, 0.15) is 36.5 Å². The molecule has 3 heteroatoms. The first kappa shape index (κ1) is 17.6. The number of nitrogens with two attached hydrogens (primary N) is 1. The molecule has 0 saturated carbocycles. The van der Waals surface area contributed by atoms with Crippen molar-refractivity contribution in [3.63, 3.8) is 0 Å². The van der Waals surface area contributed by atoms with E-state index in [0.29, 0.717) is 6.61 Å². The van der Waals surface area contributed by atoms with Crippen LogP contribution in [0.5, 0.6) is 5.75 Å². The van der Waals surface area contributed by atoms with Crippen LogP contribution in [-0.2, 0) is 6.42 Å². The monoisotopic (exact) mass is 336 g/mol. The molecule has 0 radical (unpaired) electrons. The summed E-state index contributed by atoms with van der Waals surface area (Å²) in [6.07, 6.45) is 3.21. The molecule has 2 aromatic carbocycles. The fourth-order valence-corrected chi connectivity index (χ4v) is 3.40. The molecule has 0 saturated heterocycles. The van der Waals surface area contributed by atoms with E-state index in [-0.39, 0.29) is 0 Å². The average Bonchev–Trinajstić information content (AvgIpc) is 2.99. The maximum Gasteiger partial charge on any atom is 0.119 e.